The molecule has 88 valence electrons. The minimum Gasteiger partial charge on any atom is -0.356 e. The van der Waals surface area contributed by atoms with E-state index in [2.05, 4.69) is 9.69 Å². The van der Waals surface area contributed by atoms with E-state index < -0.39 is 0 Å². The van der Waals surface area contributed by atoms with Crippen LogP contribution in [-0.2, 0) is 16.0 Å². The number of Topliss-reactive ketones (excluding diaryl/α,β-unsaturated/α-hetero) is 1. The molecule has 4 nitrogen and oxygen atoms in total. The van der Waals surface area contributed by atoms with Crippen molar-refractivity contribution in [1.82, 2.24) is 9.69 Å². The number of rotatable bonds is 7. The summed E-state index contributed by atoms with van der Waals surface area (Å²) in [7, 11) is 0. The lowest BCUT2D eigenvalue weighted by Gasteiger charge is -2.02. The molecule has 0 fully saturated rings. The summed E-state index contributed by atoms with van der Waals surface area (Å²) in [6, 6.07) is 1.95. The number of hydrogen-bond donors (Lipinski definition) is 1. The van der Waals surface area contributed by atoms with Gasteiger partial charge >= 0.3 is 0 Å². The number of carbonyl (C=O) groups is 2. The molecule has 0 atom stereocenters. The number of aromatic nitrogens is 1. The zero-order valence-corrected chi connectivity index (χ0v) is 10.2. The lowest BCUT2D eigenvalue weighted by molar-refractivity contribution is -0.121. The van der Waals surface area contributed by atoms with Gasteiger partial charge < -0.3 is 10.1 Å². The molecule has 0 aliphatic rings. The Morgan fingerprint density at radius 1 is 1.44 bits per heavy atom. The van der Waals surface area contributed by atoms with E-state index in [-0.39, 0.29) is 11.7 Å². The molecule has 0 aliphatic heterocycles. The van der Waals surface area contributed by atoms with Crippen LogP contribution in [0.2, 0.25) is 0 Å². The smallest absolute Gasteiger partial charge is 0.220 e. The number of nitrogens with one attached hydrogen (secondary N) is 1. The normalized spacial score (nSPS) is 10.1. The van der Waals surface area contributed by atoms with Gasteiger partial charge in [-0.05, 0) is 30.9 Å². The van der Waals surface area contributed by atoms with E-state index in [1.54, 1.807) is 13.1 Å². The second-order valence-electron chi connectivity index (χ2n) is 3.63. The predicted octanol–water partition coefficient (Wildman–Crippen LogP) is 1.56. The standard InChI is InChI=1S/C11H16N2O2S/c1-9(14)3-2-4-11(15)12-7-5-10-6-8-13-16-10/h6,8H,2-5,7H2,1H3,(H,12,15). The van der Waals surface area contributed by atoms with Gasteiger partial charge in [0.2, 0.25) is 5.91 Å². The summed E-state index contributed by atoms with van der Waals surface area (Å²) in [5.74, 6) is 0.156. The third-order valence-electron chi connectivity index (χ3n) is 2.12. The Balaban J connectivity index is 2.04. The molecule has 1 heterocycles. The summed E-state index contributed by atoms with van der Waals surface area (Å²) in [4.78, 5) is 23.1. The fourth-order valence-electron chi connectivity index (χ4n) is 1.28. The van der Waals surface area contributed by atoms with E-state index >= 15 is 0 Å². The van der Waals surface area contributed by atoms with Crippen molar-refractivity contribution in [3.8, 4) is 0 Å². The Kier molecular flexibility index (Phi) is 5.71. The van der Waals surface area contributed by atoms with Gasteiger partial charge in [0, 0.05) is 36.9 Å². The molecule has 0 saturated carbocycles. The average molecular weight is 240 g/mol. The highest BCUT2D eigenvalue weighted by atomic mass is 32.1. The topological polar surface area (TPSA) is 59.1 Å². The van der Waals surface area contributed by atoms with Crippen molar-refractivity contribution >= 4 is 23.2 Å². The lowest BCUT2D eigenvalue weighted by Crippen LogP contribution is -2.25. The maximum atomic E-state index is 11.3. The maximum absolute atomic E-state index is 11.3. The Morgan fingerprint density at radius 2 is 2.25 bits per heavy atom. The number of amides is 1. The van der Waals surface area contributed by atoms with Gasteiger partial charge in [0.25, 0.3) is 0 Å². The molecule has 1 amide bonds. The van der Waals surface area contributed by atoms with Crippen LogP contribution in [0, 0.1) is 0 Å². The Labute approximate surface area is 99.2 Å². The number of ketones is 1. The van der Waals surface area contributed by atoms with Crippen molar-refractivity contribution in [3.63, 3.8) is 0 Å². The molecular formula is C11H16N2O2S. The molecule has 1 aromatic heterocycles. The molecule has 0 aromatic carbocycles. The van der Waals surface area contributed by atoms with E-state index in [9.17, 15) is 9.59 Å². The summed E-state index contributed by atoms with van der Waals surface area (Å²) >= 11 is 1.45. The van der Waals surface area contributed by atoms with E-state index in [1.165, 1.54) is 16.4 Å². The maximum Gasteiger partial charge on any atom is 0.220 e. The van der Waals surface area contributed by atoms with Gasteiger partial charge in [0.05, 0.1) is 0 Å². The van der Waals surface area contributed by atoms with Crippen LogP contribution < -0.4 is 5.32 Å². The highest BCUT2D eigenvalue weighted by Crippen LogP contribution is 2.04. The van der Waals surface area contributed by atoms with Crippen LogP contribution in [0.3, 0.4) is 0 Å². The first-order valence-electron chi connectivity index (χ1n) is 5.34. The molecule has 1 rings (SSSR count). The molecule has 0 bridgehead atoms. The molecule has 5 heteroatoms. The first kappa shape index (κ1) is 12.8. The molecule has 0 spiro atoms. The zero-order valence-electron chi connectivity index (χ0n) is 9.36. The van der Waals surface area contributed by atoms with Crippen molar-refractivity contribution < 1.29 is 9.59 Å². The highest BCUT2D eigenvalue weighted by molar-refractivity contribution is 7.05. The quantitative estimate of drug-likeness (QED) is 0.787. The van der Waals surface area contributed by atoms with Gasteiger partial charge in [-0.15, -0.1) is 0 Å². The molecule has 1 N–H and O–H groups in total. The lowest BCUT2D eigenvalue weighted by atomic mass is 10.2. The van der Waals surface area contributed by atoms with Crippen molar-refractivity contribution in [2.75, 3.05) is 6.54 Å². The molecule has 16 heavy (non-hydrogen) atoms. The van der Waals surface area contributed by atoms with Crippen molar-refractivity contribution in [2.45, 2.75) is 32.6 Å². The van der Waals surface area contributed by atoms with E-state index in [1.807, 2.05) is 6.07 Å². The van der Waals surface area contributed by atoms with Crippen molar-refractivity contribution in [2.24, 2.45) is 0 Å². The number of hydrogen-bond acceptors (Lipinski definition) is 4. The van der Waals surface area contributed by atoms with Gasteiger partial charge in [-0.25, -0.2) is 4.37 Å². The Bertz CT molecular complexity index is 336. The van der Waals surface area contributed by atoms with Gasteiger partial charge in [0.1, 0.15) is 5.78 Å². The van der Waals surface area contributed by atoms with E-state index in [4.69, 9.17) is 0 Å². The van der Waals surface area contributed by atoms with Crippen LogP contribution in [0.5, 0.6) is 0 Å². The molecular weight excluding hydrogens is 224 g/mol. The molecule has 0 saturated heterocycles. The minimum atomic E-state index is 0.0192. The first-order chi connectivity index (χ1) is 7.68. The van der Waals surface area contributed by atoms with Crippen molar-refractivity contribution in [1.29, 1.82) is 0 Å². The van der Waals surface area contributed by atoms with Crippen LogP contribution >= 0.6 is 11.5 Å². The highest BCUT2D eigenvalue weighted by Gasteiger charge is 2.02. The second kappa shape index (κ2) is 7.11. The minimum absolute atomic E-state index is 0.0192. The van der Waals surface area contributed by atoms with Crippen LogP contribution in [0.25, 0.3) is 0 Å². The molecule has 0 aliphatic carbocycles. The predicted molar refractivity (Wildman–Crippen MR) is 63.4 cm³/mol. The van der Waals surface area contributed by atoms with Gasteiger partial charge in [0.15, 0.2) is 0 Å². The van der Waals surface area contributed by atoms with E-state index in [0.29, 0.717) is 25.8 Å². The molecule has 0 radical (unpaired) electrons. The Hall–Kier alpha value is -1.23. The number of nitrogens with zero attached hydrogens (tertiary/aromatic N) is 1. The van der Waals surface area contributed by atoms with Crippen LogP contribution in [0.4, 0.5) is 0 Å². The monoisotopic (exact) mass is 240 g/mol. The average Bonchev–Trinajstić information content (AvgIpc) is 2.70. The SMILES string of the molecule is CC(=O)CCCC(=O)NCCc1ccns1. The van der Waals surface area contributed by atoms with Gasteiger partial charge in [-0.2, -0.15) is 0 Å². The van der Waals surface area contributed by atoms with Gasteiger partial charge in [-0.1, -0.05) is 0 Å². The first-order valence-corrected chi connectivity index (χ1v) is 6.11. The summed E-state index contributed by atoms with van der Waals surface area (Å²) in [5, 5.41) is 2.82. The summed E-state index contributed by atoms with van der Waals surface area (Å²) in [6.45, 7) is 2.18. The van der Waals surface area contributed by atoms with Crippen molar-refractivity contribution in [3.05, 3.63) is 17.1 Å². The van der Waals surface area contributed by atoms with Gasteiger partial charge in [-0.3, -0.25) is 4.79 Å². The molecule has 1 aromatic rings. The largest absolute Gasteiger partial charge is 0.356 e. The fraction of sp³-hybridized carbons (Fsp3) is 0.545. The zero-order chi connectivity index (χ0) is 11.8. The second-order valence-corrected chi connectivity index (χ2v) is 4.55. The summed E-state index contributed by atoms with van der Waals surface area (Å²) < 4.78 is 3.98. The molecule has 0 unspecified atom stereocenters. The Morgan fingerprint density at radius 3 is 2.88 bits per heavy atom. The third-order valence-corrected chi connectivity index (χ3v) is 2.92. The van der Waals surface area contributed by atoms with Crippen LogP contribution in [0.15, 0.2) is 12.3 Å². The van der Waals surface area contributed by atoms with Crippen LogP contribution in [-0.4, -0.2) is 22.6 Å². The summed E-state index contributed by atoms with van der Waals surface area (Å²) in [5.41, 5.74) is 0. The van der Waals surface area contributed by atoms with E-state index in [0.717, 1.165) is 6.42 Å². The fourth-order valence-corrected chi connectivity index (χ4v) is 1.85. The summed E-state index contributed by atoms with van der Waals surface area (Å²) in [6.07, 6.45) is 4.14. The van der Waals surface area contributed by atoms with Crippen LogP contribution in [0.1, 0.15) is 31.1 Å². The third kappa shape index (κ3) is 5.60. The number of carbonyl (C=O) groups excluding carboxylic acids is 2.